The molecule has 0 saturated carbocycles. The van der Waals surface area contributed by atoms with Crippen molar-refractivity contribution in [2.45, 2.75) is 26.2 Å². The maximum absolute atomic E-state index is 12.6. The smallest absolute Gasteiger partial charge is 0.165 e. The maximum Gasteiger partial charge on any atom is 0.165 e. The second-order valence-electron chi connectivity index (χ2n) is 5.99. The van der Waals surface area contributed by atoms with E-state index in [-0.39, 0.29) is 5.78 Å². The first-order valence-corrected chi connectivity index (χ1v) is 8.49. The molecule has 1 aromatic heterocycles. The number of Topliss-reactive ketones (excluding diaryl/α,β-unsaturated/α-hetero) is 1. The van der Waals surface area contributed by atoms with Gasteiger partial charge in [-0.1, -0.05) is 42.5 Å². The van der Waals surface area contributed by atoms with E-state index in [1.807, 2.05) is 61.5 Å². The van der Waals surface area contributed by atoms with Crippen molar-refractivity contribution in [2.75, 3.05) is 0 Å². The molecule has 0 spiro atoms. The summed E-state index contributed by atoms with van der Waals surface area (Å²) in [6.07, 6.45) is 3.91. The second kappa shape index (κ2) is 8.25. The van der Waals surface area contributed by atoms with Crippen LogP contribution in [0.15, 0.2) is 76.1 Å². The first-order chi connectivity index (χ1) is 12.2. The summed E-state index contributed by atoms with van der Waals surface area (Å²) < 4.78 is 5.49. The molecule has 0 N–H and O–H groups in total. The normalized spacial score (nSPS) is 11.1. The number of hydrogen-bond acceptors (Lipinski definition) is 3. The number of carbonyl (C=O) groups is 1. The van der Waals surface area contributed by atoms with Gasteiger partial charge in [-0.2, -0.15) is 0 Å². The average Bonchev–Trinajstić information content (AvgIpc) is 3.06. The maximum atomic E-state index is 12.6. The molecule has 0 aliphatic rings. The Bertz CT molecular complexity index is 862. The molecular weight excluding hydrogens is 310 g/mol. The highest BCUT2D eigenvalue weighted by molar-refractivity contribution is 6.01. The van der Waals surface area contributed by atoms with Crippen molar-refractivity contribution in [1.29, 1.82) is 0 Å². The molecule has 2 aromatic carbocycles. The third kappa shape index (κ3) is 4.77. The van der Waals surface area contributed by atoms with Crippen LogP contribution in [0.3, 0.4) is 0 Å². The molecule has 0 fully saturated rings. The summed E-state index contributed by atoms with van der Waals surface area (Å²) in [6.45, 7) is 1.89. The fourth-order valence-electron chi connectivity index (χ4n) is 2.71. The molecule has 3 heteroatoms. The lowest BCUT2D eigenvalue weighted by Crippen LogP contribution is -2.00. The Labute approximate surface area is 148 Å². The van der Waals surface area contributed by atoms with Crippen LogP contribution in [0.4, 0.5) is 5.69 Å². The number of furan rings is 1. The Hall–Kier alpha value is -2.94. The van der Waals surface area contributed by atoms with Crippen molar-refractivity contribution in [3.05, 3.63) is 89.4 Å². The molecule has 0 amide bonds. The van der Waals surface area contributed by atoms with Gasteiger partial charge in [0.05, 0.1) is 11.9 Å². The average molecular weight is 331 g/mol. The fourth-order valence-corrected chi connectivity index (χ4v) is 2.71. The van der Waals surface area contributed by atoms with Gasteiger partial charge in [0.2, 0.25) is 0 Å². The highest BCUT2D eigenvalue weighted by atomic mass is 16.3. The third-order valence-electron chi connectivity index (χ3n) is 4.01. The van der Waals surface area contributed by atoms with Crippen molar-refractivity contribution in [3.8, 4) is 0 Å². The van der Waals surface area contributed by atoms with Gasteiger partial charge in [0.15, 0.2) is 5.78 Å². The molecule has 1 heterocycles. The van der Waals surface area contributed by atoms with Crippen molar-refractivity contribution >= 4 is 17.7 Å². The second-order valence-corrected chi connectivity index (χ2v) is 5.99. The van der Waals surface area contributed by atoms with Gasteiger partial charge in [0.25, 0.3) is 0 Å². The number of aliphatic imine (C=N–C) groups is 1. The summed E-state index contributed by atoms with van der Waals surface area (Å²) in [5, 5.41) is 0. The molecule has 0 aliphatic heterocycles. The van der Waals surface area contributed by atoms with Crippen LogP contribution in [0.25, 0.3) is 0 Å². The van der Waals surface area contributed by atoms with Crippen LogP contribution < -0.4 is 0 Å². The zero-order chi connectivity index (χ0) is 17.5. The zero-order valence-electron chi connectivity index (χ0n) is 14.3. The van der Waals surface area contributed by atoms with Crippen LogP contribution in [0.1, 0.15) is 40.3 Å². The van der Waals surface area contributed by atoms with Gasteiger partial charge in [-0.3, -0.25) is 9.79 Å². The van der Waals surface area contributed by atoms with E-state index in [1.54, 1.807) is 6.21 Å². The number of ketones is 1. The van der Waals surface area contributed by atoms with Crippen molar-refractivity contribution in [3.63, 3.8) is 0 Å². The number of hydrogen-bond donors (Lipinski definition) is 0. The minimum atomic E-state index is 0.124. The lowest BCUT2D eigenvalue weighted by atomic mass is 10.0. The first kappa shape index (κ1) is 16.9. The number of para-hydroxylation sites is 1. The summed E-state index contributed by atoms with van der Waals surface area (Å²) in [5.41, 5.74) is 2.60. The Balaban J connectivity index is 1.65. The van der Waals surface area contributed by atoms with Crippen molar-refractivity contribution in [1.82, 2.24) is 0 Å². The molecule has 0 bridgehead atoms. The largest absolute Gasteiger partial charge is 0.460 e. The van der Waals surface area contributed by atoms with Gasteiger partial charge in [-0.25, -0.2) is 0 Å². The van der Waals surface area contributed by atoms with E-state index in [0.29, 0.717) is 23.4 Å². The van der Waals surface area contributed by atoms with E-state index < -0.39 is 0 Å². The molecule has 0 atom stereocenters. The lowest BCUT2D eigenvalue weighted by molar-refractivity contribution is 0.0981. The summed E-state index contributed by atoms with van der Waals surface area (Å²) in [6, 6.07) is 21.5. The number of nitrogens with zero attached hydrogens (tertiary/aromatic N) is 1. The quantitative estimate of drug-likeness (QED) is 0.421. The Morgan fingerprint density at radius 2 is 1.76 bits per heavy atom. The molecule has 3 rings (SSSR count). The third-order valence-corrected chi connectivity index (χ3v) is 4.01. The predicted octanol–water partition coefficient (Wildman–Crippen LogP) is 5.54. The number of aryl methyl sites for hydroxylation is 2. The number of carbonyl (C=O) groups excluding carboxylic acids is 1. The van der Waals surface area contributed by atoms with E-state index in [9.17, 15) is 4.79 Å². The minimum Gasteiger partial charge on any atom is -0.460 e. The fraction of sp³-hybridized carbons (Fsp3) is 0.182. The van der Waals surface area contributed by atoms with Gasteiger partial charge in [-0.05, 0) is 49.6 Å². The standard InChI is InChI=1S/C22H21NO2/c1-17-14-15-19(25-17)16-23-21-12-6-5-11-20(21)22(24)13-7-10-18-8-3-2-4-9-18/h2-6,8-9,11-12,14-16H,7,10,13H2,1H3. The predicted molar refractivity (Wildman–Crippen MR) is 101 cm³/mol. The van der Waals surface area contributed by atoms with Crippen LogP contribution in [-0.4, -0.2) is 12.0 Å². The zero-order valence-corrected chi connectivity index (χ0v) is 14.3. The molecule has 3 nitrogen and oxygen atoms in total. The molecule has 126 valence electrons. The van der Waals surface area contributed by atoms with E-state index in [1.165, 1.54) is 5.56 Å². The minimum absolute atomic E-state index is 0.124. The molecule has 25 heavy (non-hydrogen) atoms. The van der Waals surface area contributed by atoms with Gasteiger partial charge in [-0.15, -0.1) is 0 Å². The molecular formula is C22H21NO2. The molecule has 0 radical (unpaired) electrons. The van der Waals surface area contributed by atoms with E-state index in [2.05, 4.69) is 17.1 Å². The summed E-state index contributed by atoms with van der Waals surface area (Å²) in [4.78, 5) is 17.0. The summed E-state index contributed by atoms with van der Waals surface area (Å²) >= 11 is 0. The van der Waals surface area contributed by atoms with E-state index in [0.717, 1.165) is 18.6 Å². The highest BCUT2D eigenvalue weighted by Crippen LogP contribution is 2.21. The van der Waals surface area contributed by atoms with Crippen LogP contribution in [-0.2, 0) is 6.42 Å². The van der Waals surface area contributed by atoms with Crippen LogP contribution >= 0.6 is 0 Å². The molecule has 0 saturated heterocycles. The number of benzene rings is 2. The molecule has 0 unspecified atom stereocenters. The van der Waals surface area contributed by atoms with Crippen molar-refractivity contribution < 1.29 is 9.21 Å². The van der Waals surface area contributed by atoms with Crippen LogP contribution in [0, 0.1) is 6.92 Å². The van der Waals surface area contributed by atoms with Gasteiger partial charge in [0.1, 0.15) is 11.5 Å². The van der Waals surface area contributed by atoms with Gasteiger partial charge >= 0.3 is 0 Å². The van der Waals surface area contributed by atoms with Gasteiger partial charge < -0.3 is 4.42 Å². The molecule has 3 aromatic rings. The van der Waals surface area contributed by atoms with E-state index >= 15 is 0 Å². The summed E-state index contributed by atoms with van der Waals surface area (Å²) in [7, 11) is 0. The van der Waals surface area contributed by atoms with E-state index in [4.69, 9.17) is 4.42 Å². The van der Waals surface area contributed by atoms with Crippen LogP contribution in [0.5, 0.6) is 0 Å². The first-order valence-electron chi connectivity index (χ1n) is 8.49. The van der Waals surface area contributed by atoms with Crippen molar-refractivity contribution in [2.24, 2.45) is 4.99 Å². The lowest BCUT2D eigenvalue weighted by Gasteiger charge is -2.05. The number of rotatable bonds is 7. The molecule has 0 aliphatic carbocycles. The highest BCUT2D eigenvalue weighted by Gasteiger charge is 2.10. The van der Waals surface area contributed by atoms with Crippen LogP contribution in [0.2, 0.25) is 0 Å². The monoisotopic (exact) mass is 331 g/mol. The topological polar surface area (TPSA) is 42.6 Å². The Morgan fingerprint density at radius 3 is 2.52 bits per heavy atom. The SMILES string of the molecule is Cc1ccc(C=Nc2ccccc2C(=O)CCCc2ccccc2)o1. The van der Waals surface area contributed by atoms with Gasteiger partial charge in [0, 0.05) is 12.0 Å². The summed E-state index contributed by atoms with van der Waals surface area (Å²) in [5.74, 6) is 1.65. The Morgan fingerprint density at radius 1 is 1.00 bits per heavy atom. The Kier molecular flexibility index (Phi) is 5.57.